The van der Waals surface area contributed by atoms with Crippen LogP contribution in [0.1, 0.15) is 35.3 Å². The predicted molar refractivity (Wildman–Crippen MR) is 133 cm³/mol. The van der Waals surface area contributed by atoms with E-state index in [0.29, 0.717) is 47.1 Å². The quantitative estimate of drug-likeness (QED) is 0.356. The highest BCUT2D eigenvalue weighted by Gasteiger charge is 2.35. The lowest BCUT2D eigenvalue weighted by Crippen LogP contribution is -2.26. The first-order valence-corrected chi connectivity index (χ1v) is 11.9. The number of anilines is 3. The lowest BCUT2D eigenvalue weighted by atomic mass is 9.96. The van der Waals surface area contributed by atoms with Crippen LogP contribution in [0.25, 0.3) is 11.4 Å². The molecule has 5 rings (SSSR count). The number of methoxy groups -OCH3 is 1. The summed E-state index contributed by atoms with van der Waals surface area (Å²) in [5.41, 5.74) is 0.986. The monoisotopic (exact) mass is 505 g/mol. The highest BCUT2D eigenvalue weighted by atomic mass is 16.5. The summed E-state index contributed by atoms with van der Waals surface area (Å²) in [5, 5.41) is 27.2. The minimum absolute atomic E-state index is 0.0121. The number of carbonyl (C=O) groups excluding carboxylic acids is 2. The van der Waals surface area contributed by atoms with E-state index in [2.05, 4.69) is 36.1 Å². The third-order valence-corrected chi connectivity index (χ3v) is 6.35. The van der Waals surface area contributed by atoms with Crippen molar-refractivity contribution in [3.63, 3.8) is 0 Å². The van der Waals surface area contributed by atoms with Crippen molar-refractivity contribution < 1.29 is 24.2 Å². The van der Waals surface area contributed by atoms with Crippen molar-refractivity contribution in [1.82, 2.24) is 25.5 Å². The molecule has 192 valence electrons. The fraction of sp³-hybridized carbons (Fsp3) is 0.360. The second kappa shape index (κ2) is 10.1. The maximum absolute atomic E-state index is 12.5. The van der Waals surface area contributed by atoms with Crippen molar-refractivity contribution in [3.8, 4) is 17.1 Å². The molecule has 2 aromatic heterocycles. The van der Waals surface area contributed by atoms with Gasteiger partial charge in [0, 0.05) is 50.0 Å². The summed E-state index contributed by atoms with van der Waals surface area (Å²) in [6.07, 6.45) is 5.35. The van der Waals surface area contributed by atoms with Gasteiger partial charge < -0.3 is 30.5 Å². The fourth-order valence-corrected chi connectivity index (χ4v) is 4.07. The number of hydrogen-bond donors (Lipinski definition) is 4. The van der Waals surface area contributed by atoms with Gasteiger partial charge in [-0.1, -0.05) is 6.07 Å². The van der Waals surface area contributed by atoms with Gasteiger partial charge in [0.2, 0.25) is 5.91 Å². The Balaban J connectivity index is 1.46. The van der Waals surface area contributed by atoms with Gasteiger partial charge in [0.05, 0.1) is 30.7 Å². The number of benzene rings is 1. The molecular formula is C25H27N7O5. The summed E-state index contributed by atoms with van der Waals surface area (Å²) in [6.45, 7) is 0.683. The van der Waals surface area contributed by atoms with Gasteiger partial charge in [0.1, 0.15) is 5.60 Å². The van der Waals surface area contributed by atoms with Crippen LogP contribution in [-0.2, 0) is 15.1 Å². The number of ether oxygens (including phenoxy) is 2. The SMILES string of the molecule is CNC(=O)c1nnc(NC(=O)C2CC2)cc1Nc1cccc(-c2ncc(C3(O)CCOC3)cn2)c1OC. The van der Waals surface area contributed by atoms with Crippen molar-refractivity contribution >= 4 is 29.0 Å². The van der Waals surface area contributed by atoms with Crippen LogP contribution in [0.15, 0.2) is 36.7 Å². The average molecular weight is 506 g/mol. The molecule has 4 N–H and O–H groups in total. The van der Waals surface area contributed by atoms with Crippen LogP contribution < -0.4 is 20.7 Å². The lowest BCUT2D eigenvalue weighted by Gasteiger charge is -2.20. The second-order valence-corrected chi connectivity index (χ2v) is 8.98. The number of nitrogens with zero attached hydrogens (tertiary/aromatic N) is 4. The van der Waals surface area contributed by atoms with Crippen LogP contribution in [0.4, 0.5) is 17.2 Å². The van der Waals surface area contributed by atoms with Gasteiger partial charge in [0.25, 0.3) is 5.91 Å². The van der Waals surface area contributed by atoms with Crippen molar-refractivity contribution in [2.24, 2.45) is 5.92 Å². The number of carbonyl (C=O) groups is 2. The minimum atomic E-state index is -1.09. The number of hydrogen-bond acceptors (Lipinski definition) is 10. The molecule has 1 aliphatic heterocycles. The van der Waals surface area contributed by atoms with Crippen molar-refractivity contribution in [1.29, 1.82) is 0 Å². The number of para-hydroxylation sites is 1. The highest BCUT2D eigenvalue weighted by Crippen LogP contribution is 2.38. The molecule has 1 aromatic carbocycles. The Hall–Kier alpha value is -4.16. The highest BCUT2D eigenvalue weighted by molar-refractivity contribution is 6.00. The fourth-order valence-electron chi connectivity index (χ4n) is 4.07. The maximum atomic E-state index is 12.5. The van der Waals surface area contributed by atoms with E-state index in [1.165, 1.54) is 14.2 Å². The number of rotatable bonds is 8. The molecule has 3 heterocycles. The Bertz CT molecular complexity index is 1320. The Labute approximate surface area is 212 Å². The summed E-state index contributed by atoms with van der Waals surface area (Å²) >= 11 is 0. The predicted octanol–water partition coefficient (Wildman–Crippen LogP) is 2.00. The van der Waals surface area contributed by atoms with Gasteiger partial charge in [-0.3, -0.25) is 9.59 Å². The molecule has 37 heavy (non-hydrogen) atoms. The standard InChI is InChI=1S/C25H27N7O5/c1-26-24(34)20-18(10-19(31-32-20)30-23(33)14-6-7-14)29-17-5-3-4-16(21(17)36-2)22-27-11-15(12-28-22)25(35)8-9-37-13-25/h3-5,10-12,14,35H,6-9,13H2,1-2H3,(H,26,34)(H2,29,30,31,33). The average Bonchev–Trinajstić information content (AvgIpc) is 3.68. The molecule has 1 unspecified atom stereocenters. The summed E-state index contributed by atoms with van der Waals surface area (Å²) in [4.78, 5) is 33.6. The molecule has 2 amide bonds. The van der Waals surface area contributed by atoms with Crippen molar-refractivity contribution in [2.45, 2.75) is 24.9 Å². The summed E-state index contributed by atoms with van der Waals surface area (Å²) < 4.78 is 11.0. The van der Waals surface area contributed by atoms with E-state index >= 15 is 0 Å². The molecule has 1 atom stereocenters. The number of nitrogens with one attached hydrogen (secondary N) is 3. The Morgan fingerprint density at radius 3 is 2.59 bits per heavy atom. The van der Waals surface area contributed by atoms with Gasteiger partial charge in [-0.15, -0.1) is 10.2 Å². The van der Waals surface area contributed by atoms with E-state index in [9.17, 15) is 14.7 Å². The van der Waals surface area contributed by atoms with Crippen LogP contribution in [0.3, 0.4) is 0 Å². The van der Waals surface area contributed by atoms with E-state index in [0.717, 1.165) is 12.8 Å². The molecule has 2 fully saturated rings. The Kier molecular flexibility index (Phi) is 6.68. The zero-order chi connectivity index (χ0) is 26.0. The smallest absolute Gasteiger partial charge is 0.273 e. The molecule has 0 spiro atoms. The van der Waals surface area contributed by atoms with Gasteiger partial charge in [0.15, 0.2) is 23.1 Å². The first-order valence-electron chi connectivity index (χ1n) is 11.9. The van der Waals surface area contributed by atoms with E-state index in [1.807, 2.05) is 0 Å². The van der Waals surface area contributed by atoms with Gasteiger partial charge >= 0.3 is 0 Å². The zero-order valence-electron chi connectivity index (χ0n) is 20.4. The van der Waals surface area contributed by atoms with Crippen molar-refractivity contribution in [3.05, 3.63) is 47.9 Å². The van der Waals surface area contributed by atoms with Crippen molar-refractivity contribution in [2.75, 3.05) is 38.0 Å². The zero-order valence-corrected chi connectivity index (χ0v) is 20.4. The maximum Gasteiger partial charge on any atom is 0.273 e. The molecule has 0 bridgehead atoms. The minimum Gasteiger partial charge on any atom is -0.494 e. The number of aromatic nitrogens is 4. The van der Waals surface area contributed by atoms with Crippen LogP contribution in [0.5, 0.6) is 5.75 Å². The topological polar surface area (TPSA) is 160 Å². The van der Waals surface area contributed by atoms with Gasteiger partial charge in [-0.25, -0.2) is 9.97 Å². The van der Waals surface area contributed by atoms with Crippen LogP contribution in [-0.4, -0.2) is 64.5 Å². The van der Waals surface area contributed by atoms with E-state index < -0.39 is 11.5 Å². The van der Waals surface area contributed by atoms with Gasteiger partial charge in [-0.05, 0) is 25.0 Å². The molecule has 0 radical (unpaired) electrons. The number of aliphatic hydroxyl groups is 1. The van der Waals surface area contributed by atoms with E-state index in [1.54, 1.807) is 36.7 Å². The second-order valence-electron chi connectivity index (χ2n) is 8.98. The normalized spacial score (nSPS) is 18.8. The Morgan fingerprint density at radius 2 is 1.95 bits per heavy atom. The molecular weight excluding hydrogens is 478 g/mol. The van der Waals surface area contributed by atoms with E-state index in [4.69, 9.17) is 9.47 Å². The molecule has 3 aromatic rings. The van der Waals surface area contributed by atoms with Gasteiger partial charge in [-0.2, -0.15) is 0 Å². The molecule has 1 aliphatic carbocycles. The number of amides is 2. The molecule has 1 saturated heterocycles. The Morgan fingerprint density at radius 1 is 1.16 bits per heavy atom. The van der Waals surface area contributed by atoms with E-state index in [-0.39, 0.29) is 29.9 Å². The molecule has 12 nitrogen and oxygen atoms in total. The molecule has 12 heteroatoms. The third-order valence-electron chi connectivity index (χ3n) is 6.35. The van der Waals surface area contributed by atoms with Crippen LogP contribution >= 0.6 is 0 Å². The molecule has 2 aliphatic rings. The first kappa shape index (κ1) is 24.5. The molecule has 1 saturated carbocycles. The summed E-state index contributed by atoms with van der Waals surface area (Å²) in [7, 11) is 3.01. The summed E-state index contributed by atoms with van der Waals surface area (Å²) in [6, 6.07) is 6.92. The largest absolute Gasteiger partial charge is 0.494 e. The third kappa shape index (κ3) is 5.06. The van der Waals surface area contributed by atoms with Crippen LogP contribution in [0, 0.1) is 5.92 Å². The lowest BCUT2D eigenvalue weighted by molar-refractivity contribution is -0.117. The first-order chi connectivity index (χ1) is 17.9. The van der Waals surface area contributed by atoms with Crippen LogP contribution in [0.2, 0.25) is 0 Å². The summed E-state index contributed by atoms with van der Waals surface area (Å²) in [5.74, 6) is 0.474.